The number of hydrogen-bond donors (Lipinski definition) is 1. The molecule has 302 valence electrons. The lowest BCUT2D eigenvalue weighted by Gasteiger charge is -2.52. The highest BCUT2D eigenvalue weighted by Crippen LogP contribution is 2.49. The van der Waals surface area contributed by atoms with E-state index in [9.17, 15) is 9.00 Å². The summed E-state index contributed by atoms with van der Waals surface area (Å²) < 4.78 is 35.7. The van der Waals surface area contributed by atoms with Crippen molar-refractivity contribution in [1.29, 1.82) is 0 Å². The van der Waals surface area contributed by atoms with E-state index in [0.717, 1.165) is 100 Å². The predicted octanol–water partition coefficient (Wildman–Crippen LogP) is 6.08. The van der Waals surface area contributed by atoms with Gasteiger partial charge in [0.05, 0.1) is 28.5 Å². The maximum Gasteiger partial charge on any atom is 0.262 e. The van der Waals surface area contributed by atoms with Crippen LogP contribution in [0.5, 0.6) is 5.75 Å². The molecule has 5 aliphatic rings. The van der Waals surface area contributed by atoms with E-state index in [1.807, 2.05) is 39.2 Å². The van der Waals surface area contributed by atoms with Gasteiger partial charge in [-0.05, 0) is 111 Å². The molecular weight excluding hydrogens is 748 g/mol. The van der Waals surface area contributed by atoms with Gasteiger partial charge < -0.3 is 18.9 Å². The topological polar surface area (TPSA) is 113 Å². The Kier molecular flexibility index (Phi) is 11.1. The number of nitrogens with zero attached hydrogens (tertiary/aromatic N) is 5. The van der Waals surface area contributed by atoms with Gasteiger partial charge in [-0.25, -0.2) is 4.21 Å². The molecule has 56 heavy (non-hydrogen) atoms. The quantitative estimate of drug-likeness (QED) is 0.241. The number of aryl methyl sites for hydroxylation is 2. The molecule has 1 unspecified atom stereocenters. The summed E-state index contributed by atoms with van der Waals surface area (Å²) in [7, 11) is -1.10. The van der Waals surface area contributed by atoms with Crippen LogP contribution in [-0.4, -0.2) is 106 Å². The summed E-state index contributed by atoms with van der Waals surface area (Å²) in [5, 5.41) is 4.53. The van der Waals surface area contributed by atoms with Crippen molar-refractivity contribution in [1.82, 2.24) is 24.7 Å². The summed E-state index contributed by atoms with van der Waals surface area (Å²) in [6, 6.07) is 12.0. The number of nitrogens with one attached hydrogen (secondary N) is 1. The second-order valence-electron chi connectivity index (χ2n) is 17.1. The van der Waals surface area contributed by atoms with Gasteiger partial charge in [-0.2, -0.15) is 4.98 Å². The standard InChI is InChI=1S/C43H57ClN6O5S/c1-29-8-6-17-43(53-4,27-49-20-18-48(19-21-49)25-40-45-31(3)55-46-40)37-13-10-34(37)24-50-26-42(16-7-9-32-22-35(44)12-14-36(32)42)28-54-39-15-11-33(23-38(39)50)41(51)47-56(5,52)30(29)2/h6,11-12,14-15,17,22-23,29-30,34,37H,5,7-10,13,16,18-21,24-28H2,1-4H3,(H,47,51,52)/b17-6+/t29-,30+,34-,37+,42-,43+,56?/m0/s1. The number of allylic oxidation sites excluding steroid dienone is 1. The summed E-state index contributed by atoms with van der Waals surface area (Å²) >= 11 is 6.53. The third-order valence-electron chi connectivity index (χ3n) is 13.6. The van der Waals surface area contributed by atoms with Crippen molar-refractivity contribution in [2.75, 3.05) is 64.4 Å². The number of fused-ring (bicyclic) bond motifs is 4. The van der Waals surface area contributed by atoms with Crippen LogP contribution in [0.25, 0.3) is 0 Å². The van der Waals surface area contributed by atoms with Gasteiger partial charge in [-0.3, -0.25) is 19.3 Å². The van der Waals surface area contributed by atoms with Crippen LogP contribution in [0.4, 0.5) is 5.69 Å². The number of aromatic nitrogens is 2. The van der Waals surface area contributed by atoms with Crippen LogP contribution in [0.1, 0.15) is 79.2 Å². The molecule has 8 rings (SSSR count). The number of carbonyl (C=O) groups is 1. The number of methoxy groups -OCH3 is 1. The lowest BCUT2D eigenvalue weighted by atomic mass is 9.63. The Morgan fingerprint density at radius 1 is 1.11 bits per heavy atom. The van der Waals surface area contributed by atoms with Crippen molar-refractivity contribution in [2.45, 2.75) is 82.1 Å². The van der Waals surface area contributed by atoms with Crippen molar-refractivity contribution in [3.8, 4) is 5.75 Å². The number of rotatable bonds is 5. The molecule has 2 aromatic carbocycles. The van der Waals surface area contributed by atoms with Crippen molar-refractivity contribution < 1.29 is 23.0 Å². The van der Waals surface area contributed by atoms with E-state index in [2.05, 4.69) is 66.6 Å². The molecule has 3 aliphatic heterocycles. The van der Waals surface area contributed by atoms with Gasteiger partial charge in [0, 0.05) is 81.1 Å². The van der Waals surface area contributed by atoms with Crippen LogP contribution >= 0.6 is 11.6 Å². The summed E-state index contributed by atoms with van der Waals surface area (Å²) in [4.78, 5) is 25.7. The second kappa shape index (κ2) is 15.7. The maximum atomic E-state index is 14.1. The summed E-state index contributed by atoms with van der Waals surface area (Å²) in [5.74, 6) is 6.41. The third-order valence-corrected chi connectivity index (χ3v) is 16.1. The summed E-state index contributed by atoms with van der Waals surface area (Å²) in [6.45, 7) is 13.0. The smallest absolute Gasteiger partial charge is 0.262 e. The molecule has 1 saturated carbocycles. The fourth-order valence-electron chi connectivity index (χ4n) is 9.97. The number of anilines is 1. The third kappa shape index (κ3) is 7.76. The Labute approximate surface area is 337 Å². The van der Waals surface area contributed by atoms with Crippen LogP contribution in [0.15, 0.2) is 53.1 Å². The zero-order chi connectivity index (χ0) is 39.2. The van der Waals surface area contributed by atoms with Crippen LogP contribution in [0, 0.1) is 24.7 Å². The Bertz CT molecular complexity index is 2070. The average molecular weight is 805 g/mol. The number of halogens is 1. The number of benzene rings is 2. The second-order valence-corrected chi connectivity index (χ2v) is 20.0. The highest BCUT2D eigenvalue weighted by molar-refractivity contribution is 7.99. The molecule has 0 radical (unpaired) electrons. The summed E-state index contributed by atoms with van der Waals surface area (Å²) in [5.41, 5.74) is 3.19. The van der Waals surface area contributed by atoms with E-state index in [1.165, 1.54) is 11.1 Å². The van der Waals surface area contributed by atoms with Crippen molar-refractivity contribution in [2.24, 2.45) is 17.8 Å². The number of piperazine rings is 1. The zero-order valence-corrected chi connectivity index (χ0v) is 34.9. The van der Waals surface area contributed by atoms with Crippen LogP contribution in [0.3, 0.4) is 0 Å². The van der Waals surface area contributed by atoms with Crippen LogP contribution in [-0.2, 0) is 32.8 Å². The van der Waals surface area contributed by atoms with Gasteiger partial charge in [-0.1, -0.05) is 41.9 Å². The number of ether oxygens (including phenoxy) is 2. The highest BCUT2D eigenvalue weighted by atomic mass is 35.5. The van der Waals surface area contributed by atoms with E-state index in [-0.39, 0.29) is 28.4 Å². The molecule has 13 heteroatoms. The van der Waals surface area contributed by atoms with Crippen LogP contribution < -0.4 is 14.4 Å². The molecule has 2 bridgehead atoms. The highest BCUT2D eigenvalue weighted by Gasteiger charge is 2.50. The van der Waals surface area contributed by atoms with Gasteiger partial charge in [-0.15, -0.1) is 0 Å². The lowest BCUT2D eigenvalue weighted by Crippen LogP contribution is -2.59. The monoisotopic (exact) mass is 804 g/mol. The number of hydrogen-bond acceptors (Lipinski definition) is 10. The fraction of sp³-hybridized carbons (Fsp3) is 0.581. The Balaban J connectivity index is 1.14. The molecule has 1 N–H and O–H groups in total. The van der Waals surface area contributed by atoms with Gasteiger partial charge in [0.1, 0.15) is 11.4 Å². The Morgan fingerprint density at radius 3 is 2.64 bits per heavy atom. The average Bonchev–Trinajstić information content (AvgIpc) is 3.51. The van der Waals surface area contributed by atoms with Crippen molar-refractivity contribution in [3.63, 3.8) is 0 Å². The predicted molar refractivity (Wildman–Crippen MR) is 222 cm³/mol. The molecule has 4 heterocycles. The summed E-state index contributed by atoms with van der Waals surface area (Å²) in [6.07, 6.45) is 10.4. The fourth-order valence-corrected chi connectivity index (χ4v) is 11.6. The Hall–Kier alpha value is -3.42. The molecule has 2 fully saturated rings. The largest absolute Gasteiger partial charge is 0.490 e. The SMILES string of the molecule is C=S1(=O)NC(=O)c2ccc3c(c2)N(C[C@@H]2CC[C@H]2[C@@](CN2CCN(Cc4noc(C)n4)CC2)(OC)/C=C/C[C@H](C)[C@H]1C)C[C@@]1(CCCc2cc(Cl)ccc21)CO3. The normalized spacial score (nSPS) is 33.4. The minimum absolute atomic E-state index is 0.00824. The molecule has 11 nitrogen and oxygen atoms in total. The van der Waals surface area contributed by atoms with Crippen molar-refractivity contribution >= 4 is 38.8 Å². The lowest BCUT2D eigenvalue weighted by molar-refractivity contribution is -0.0957. The minimum atomic E-state index is -2.98. The number of amides is 1. The van der Waals surface area contributed by atoms with E-state index in [0.29, 0.717) is 36.9 Å². The van der Waals surface area contributed by atoms with Gasteiger partial charge in [0.2, 0.25) is 5.89 Å². The Morgan fingerprint density at radius 2 is 1.91 bits per heavy atom. The molecule has 1 amide bonds. The molecular formula is C43H57ClN6O5S. The van der Waals surface area contributed by atoms with Gasteiger partial charge >= 0.3 is 0 Å². The van der Waals surface area contributed by atoms with E-state index >= 15 is 0 Å². The molecule has 2 aliphatic carbocycles. The molecule has 3 aromatic rings. The first-order valence-electron chi connectivity index (χ1n) is 20.3. The first-order valence-corrected chi connectivity index (χ1v) is 22.5. The van der Waals surface area contributed by atoms with Crippen LogP contribution in [0.2, 0.25) is 5.02 Å². The molecule has 1 saturated heterocycles. The molecule has 1 aromatic heterocycles. The first kappa shape index (κ1) is 39.4. The number of carbonyl (C=O) groups excluding carboxylic acids is 1. The maximum absolute atomic E-state index is 14.1. The van der Waals surface area contributed by atoms with E-state index < -0.39 is 15.3 Å². The molecule has 1 spiro atoms. The van der Waals surface area contributed by atoms with Gasteiger partial charge in [0.25, 0.3) is 5.91 Å². The molecule has 7 atom stereocenters. The van der Waals surface area contributed by atoms with Gasteiger partial charge in [0.15, 0.2) is 5.82 Å². The van der Waals surface area contributed by atoms with Crippen molar-refractivity contribution in [3.05, 3.63) is 82.0 Å². The van der Waals surface area contributed by atoms with E-state index in [4.69, 9.17) is 25.6 Å². The minimum Gasteiger partial charge on any atom is -0.490 e. The first-order chi connectivity index (χ1) is 26.9. The van der Waals surface area contributed by atoms with E-state index in [1.54, 1.807) is 6.07 Å². The zero-order valence-electron chi connectivity index (χ0n) is 33.3.